The molecule has 0 saturated carbocycles. The summed E-state index contributed by atoms with van der Waals surface area (Å²) in [4.78, 5) is 27.2. The SMILES string of the molecule is CC(C)CNC(=O)c1cc(CN(Cc2ccco2)C(=O)c2ccc(C(C)(C)C)cc2)on1. The first-order valence-corrected chi connectivity index (χ1v) is 10.8. The fraction of sp³-hybridized carbons (Fsp3) is 0.400. The molecule has 3 aromatic rings. The fourth-order valence-corrected chi connectivity index (χ4v) is 3.16. The molecule has 3 rings (SSSR count). The van der Waals surface area contributed by atoms with Crippen LogP contribution in [0.5, 0.6) is 0 Å². The van der Waals surface area contributed by atoms with E-state index in [1.807, 2.05) is 44.2 Å². The molecule has 7 nitrogen and oxygen atoms in total. The van der Waals surface area contributed by atoms with Crippen molar-refractivity contribution in [2.75, 3.05) is 6.54 Å². The summed E-state index contributed by atoms with van der Waals surface area (Å²) in [6.45, 7) is 11.4. The first-order valence-electron chi connectivity index (χ1n) is 10.8. The van der Waals surface area contributed by atoms with E-state index in [1.54, 1.807) is 23.3 Å². The van der Waals surface area contributed by atoms with Crippen molar-refractivity contribution in [2.24, 2.45) is 5.92 Å². The van der Waals surface area contributed by atoms with Crippen LogP contribution in [0.2, 0.25) is 0 Å². The van der Waals surface area contributed by atoms with Crippen molar-refractivity contribution in [1.82, 2.24) is 15.4 Å². The lowest BCUT2D eigenvalue weighted by Gasteiger charge is -2.22. The van der Waals surface area contributed by atoms with Crippen molar-refractivity contribution in [3.05, 3.63) is 77.1 Å². The smallest absolute Gasteiger partial charge is 0.273 e. The highest BCUT2D eigenvalue weighted by Crippen LogP contribution is 2.23. The summed E-state index contributed by atoms with van der Waals surface area (Å²) in [5.74, 6) is 0.945. The van der Waals surface area contributed by atoms with Crippen LogP contribution in [0.4, 0.5) is 0 Å². The molecule has 0 radical (unpaired) electrons. The first kappa shape index (κ1) is 23.3. The zero-order valence-electron chi connectivity index (χ0n) is 19.3. The summed E-state index contributed by atoms with van der Waals surface area (Å²) >= 11 is 0. The summed E-state index contributed by atoms with van der Waals surface area (Å²) in [5.41, 5.74) is 1.92. The first-order chi connectivity index (χ1) is 15.1. The van der Waals surface area contributed by atoms with E-state index in [-0.39, 0.29) is 36.0 Å². The van der Waals surface area contributed by atoms with E-state index >= 15 is 0 Å². The second kappa shape index (κ2) is 9.85. The van der Waals surface area contributed by atoms with Gasteiger partial charge in [-0.25, -0.2) is 0 Å². The Hall–Kier alpha value is -3.35. The Kier molecular flexibility index (Phi) is 7.18. The molecule has 0 aliphatic carbocycles. The molecule has 0 unspecified atom stereocenters. The standard InChI is InChI=1S/C25H31N3O4/c1-17(2)14-26-23(29)22-13-21(32-27-22)16-28(15-20-7-6-12-31-20)24(30)18-8-10-19(11-9-18)25(3,4)5/h6-13,17H,14-16H2,1-5H3,(H,26,29). The number of rotatable bonds is 8. The number of aromatic nitrogens is 1. The Morgan fingerprint density at radius 1 is 1.06 bits per heavy atom. The lowest BCUT2D eigenvalue weighted by Crippen LogP contribution is -2.30. The molecule has 0 saturated heterocycles. The minimum absolute atomic E-state index is 0.00180. The summed E-state index contributed by atoms with van der Waals surface area (Å²) in [6.07, 6.45) is 1.57. The maximum absolute atomic E-state index is 13.3. The van der Waals surface area contributed by atoms with Crippen molar-refractivity contribution in [3.63, 3.8) is 0 Å². The monoisotopic (exact) mass is 437 g/mol. The third-order valence-electron chi connectivity index (χ3n) is 5.02. The molecule has 7 heteroatoms. The van der Waals surface area contributed by atoms with Crippen LogP contribution in [0.15, 0.2) is 57.7 Å². The van der Waals surface area contributed by atoms with E-state index in [2.05, 4.69) is 31.2 Å². The number of carbonyl (C=O) groups is 2. The predicted octanol–water partition coefficient (Wildman–Crippen LogP) is 4.79. The minimum atomic E-state index is -0.296. The number of furan rings is 1. The minimum Gasteiger partial charge on any atom is -0.467 e. The molecule has 0 atom stereocenters. The Morgan fingerprint density at radius 2 is 1.75 bits per heavy atom. The summed E-state index contributed by atoms with van der Waals surface area (Å²) in [6, 6.07) is 12.8. The number of hydrogen-bond acceptors (Lipinski definition) is 5. The molecule has 2 amide bonds. The van der Waals surface area contributed by atoms with Crippen LogP contribution in [-0.2, 0) is 18.5 Å². The van der Waals surface area contributed by atoms with Gasteiger partial charge < -0.3 is 19.2 Å². The van der Waals surface area contributed by atoms with Gasteiger partial charge in [0.25, 0.3) is 11.8 Å². The second-order valence-corrected chi connectivity index (χ2v) is 9.35. The number of hydrogen-bond donors (Lipinski definition) is 1. The van der Waals surface area contributed by atoms with E-state index in [0.29, 0.717) is 29.5 Å². The molecule has 170 valence electrons. The normalized spacial score (nSPS) is 11.6. The molecule has 2 heterocycles. The van der Waals surface area contributed by atoms with Crippen molar-refractivity contribution >= 4 is 11.8 Å². The van der Waals surface area contributed by atoms with Gasteiger partial charge in [-0.15, -0.1) is 0 Å². The van der Waals surface area contributed by atoms with Crippen LogP contribution in [0.3, 0.4) is 0 Å². The molecule has 2 aromatic heterocycles. The van der Waals surface area contributed by atoms with Crippen LogP contribution in [-0.4, -0.2) is 28.4 Å². The third kappa shape index (κ3) is 6.09. The number of nitrogens with one attached hydrogen (secondary N) is 1. The highest BCUT2D eigenvalue weighted by molar-refractivity contribution is 5.94. The van der Waals surface area contributed by atoms with Gasteiger partial charge in [-0.05, 0) is 41.2 Å². The van der Waals surface area contributed by atoms with Gasteiger partial charge in [0.15, 0.2) is 11.5 Å². The summed E-state index contributed by atoms with van der Waals surface area (Å²) in [5, 5.41) is 6.68. The highest BCUT2D eigenvalue weighted by Gasteiger charge is 2.22. The molecule has 0 aliphatic heterocycles. The second-order valence-electron chi connectivity index (χ2n) is 9.35. The quantitative estimate of drug-likeness (QED) is 0.547. The van der Waals surface area contributed by atoms with E-state index in [0.717, 1.165) is 5.56 Å². The molecule has 32 heavy (non-hydrogen) atoms. The van der Waals surface area contributed by atoms with E-state index < -0.39 is 0 Å². The Balaban J connectivity index is 1.78. The number of carbonyl (C=O) groups excluding carboxylic acids is 2. The van der Waals surface area contributed by atoms with Crippen molar-refractivity contribution < 1.29 is 18.5 Å². The van der Waals surface area contributed by atoms with Crippen molar-refractivity contribution in [1.29, 1.82) is 0 Å². The highest BCUT2D eigenvalue weighted by atomic mass is 16.5. The van der Waals surface area contributed by atoms with Crippen LogP contribution in [0.25, 0.3) is 0 Å². The van der Waals surface area contributed by atoms with Gasteiger partial charge >= 0.3 is 0 Å². The van der Waals surface area contributed by atoms with Gasteiger partial charge in [-0.3, -0.25) is 9.59 Å². The lowest BCUT2D eigenvalue weighted by molar-refractivity contribution is 0.0700. The molecular weight excluding hydrogens is 406 g/mol. The zero-order valence-corrected chi connectivity index (χ0v) is 19.3. The molecule has 1 aromatic carbocycles. The number of amides is 2. The zero-order chi connectivity index (χ0) is 23.3. The van der Waals surface area contributed by atoms with Gasteiger partial charge in [0.05, 0.1) is 19.4 Å². The molecule has 0 aliphatic rings. The Labute approximate surface area is 188 Å². The Morgan fingerprint density at radius 3 is 2.34 bits per heavy atom. The molecule has 0 bridgehead atoms. The average molecular weight is 438 g/mol. The van der Waals surface area contributed by atoms with E-state index in [4.69, 9.17) is 8.94 Å². The number of benzene rings is 1. The van der Waals surface area contributed by atoms with Gasteiger partial charge in [0.1, 0.15) is 5.76 Å². The maximum atomic E-state index is 13.3. The molecule has 0 spiro atoms. The predicted molar refractivity (Wildman–Crippen MR) is 121 cm³/mol. The summed E-state index contributed by atoms with van der Waals surface area (Å²) < 4.78 is 10.8. The molecular formula is C25H31N3O4. The fourth-order valence-electron chi connectivity index (χ4n) is 3.16. The third-order valence-corrected chi connectivity index (χ3v) is 5.02. The van der Waals surface area contributed by atoms with Crippen molar-refractivity contribution in [3.8, 4) is 0 Å². The van der Waals surface area contributed by atoms with E-state index in [1.165, 1.54) is 0 Å². The van der Waals surface area contributed by atoms with Crippen molar-refractivity contribution in [2.45, 2.75) is 53.1 Å². The van der Waals surface area contributed by atoms with Gasteiger partial charge in [-0.1, -0.05) is 51.9 Å². The summed E-state index contributed by atoms with van der Waals surface area (Å²) in [7, 11) is 0. The van der Waals surface area contributed by atoms with Crippen LogP contribution >= 0.6 is 0 Å². The topological polar surface area (TPSA) is 88.6 Å². The van der Waals surface area contributed by atoms with Crippen LogP contribution in [0.1, 0.15) is 72.5 Å². The van der Waals surface area contributed by atoms with Gasteiger partial charge in [-0.2, -0.15) is 0 Å². The number of nitrogens with zero attached hydrogens (tertiary/aromatic N) is 2. The maximum Gasteiger partial charge on any atom is 0.273 e. The van der Waals surface area contributed by atoms with Crippen LogP contribution in [0, 0.1) is 5.92 Å². The lowest BCUT2D eigenvalue weighted by atomic mass is 9.86. The Bertz CT molecular complexity index is 1030. The van der Waals surface area contributed by atoms with E-state index in [9.17, 15) is 9.59 Å². The molecule has 1 N–H and O–H groups in total. The van der Waals surface area contributed by atoms with Gasteiger partial charge in [0, 0.05) is 18.2 Å². The average Bonchev–Trinajstić information content (AvgIpc) is 3.42. The van der Waals surface area contributed by atoms with Crippen LogP contribution < -0.4 is 5.32 Å². The van der Waals surface area contributed by atoms with Gasteiger partial charge in [0.2, 0.25) is 0 Å². The molecule has 0 fully saturated rings. The largest absolute Gasteiger partial charge is 0.467 e.